The third-order valence-corrected chi connectivity index (χ3v) is 2.69. The average molecular weight is 234 g/mol. The van der Waals surface area contributed by atoms with Crippen molar-refractivity contribution in [3.8, 4) is 36.8 Å². The van der Waals surface area contributed by atoms with E-state index in [2.05, 4.69) is 88.1 Å². The van der Waals surface area contributed by atoms with E-state index in [1.54, 1.807) is 0 Å². The van der Waals surface area contributed by atoms with Crippen LogP contribution in [0.5, 0.6) is 0 Å². The van der Waals surface area contributed by atoms with Gasteiger partial charge in [-0.1, -0.05) is 48.5 Å². The van der Waals surface area contributed by atoms with Crippen molar-refractivity contribution in [3.63, 3.8) is 0 Å². The second-order valence-corrected chi connectivity index (χ2v) is 3.61. The molecule has 0 saturated heterocycles. The van der Waals surface area contributed by atoms with E-state index in [-0.39, 0.29) is 0 Å². The van der Waals surface area contributed by atoms with Gasteiger partial charge in [0, 0.05) is 0 Å². The van der Waals surface area contributed by atoms with Crippen molar-refractivity contribution in [3.05, 3.63) is 59.7 Å². The zero-order chi connectivity index (χ0) is 14.0. The number of hydrogen-bond acceptors (Lipinski definition) is 0. The topological polar surface area (TPSA) is 0 Å². The van der Waals surface area contributed by atoms with Gasteiger partial charge in [0.25, 0.3) is 0 Å². The van der Waals surface area contributed by atoms with Crippen LogP contribution < -0.4 is 0 Å². The summed E-state index contributed by atoms with van der Waals surface area (Å²) in [5.74, 6) is 0. The molecule has 0 atom stereocenters. The molecule has 2 aromatic carbocycles. The lowest BCUT2D eigenvalue weighted by molar-refractivity contribution is 1.34. The van der Waals surface area contributed by atoms with E-state index in [0.717, 1.165) is 0 Å². The number of aryl methyl sites for hydroxylation is 1. The fourth-order valence-electron chi connectivity index (χ4n) is 1.68. The van der Waals surface area contributed by atoms with Crippen molar-refractivity contribution in [1.29, 1.82) is 0 Å². The smallest absolute Gasteiger partial charge is 0.0152 e. The Bertz CT molecular complexity index is 495. The van der Waals surface area contributed by atoms with Crippen LogP contribution in [0.1, 0.15) is 11.1 Å². The van der Waals surface area contributed by atoms with E-state index in [1.165, 1.54) is 22.3 Å². The van der Waals surface area contributed by atoms with Crippen LogP contribution in [0.25, 0.3) is 11.1 Å². The Labute approximate surface area is 111 Å². The van der Waals surface area contributed by atoms with Gasteiger partial charge in [-0.05, 0) is 36.1 Å². The van der Waals surface area contributed by atoms with E-state index in [4.69, 9.17) is 0 Å². The van der Waals surface area contributed by atoms with Gasteiger partial charge in [-0.2, -0.15) is 0 Å². The minimum Gasteiger partial charge on any atom is -0.124 e. The first-order valence-electron chi connectivity index (χ1n) is 5.57. The predicted molar refractivity (Wildman–Crippen MR) is 81.1 cm³/mol. The van der Waals surface area contributed by atoms with Crippen LogP contribution in [0.4, 0.5) is 0 Å². The quantitative estimate of drug-likeness (QED) is 0.639. The van der Waals surface area contributed by atoms with Crippen molar-refractivity contribution < 1.29 is 0 Å². The molecule has 0 spiro atoms. The molecule has 0 N–H and O–H groups in total. The Kier molecular flexibility index (Phi) is 7.51. The molecule has 2 aromatic rings. The van der Waals surface area contributed by atoms with Crippen molar-refractivity contribution >= 4 is 0 Å². The molecule has 0 unspecified atom stereocenters. The minimum absolute atomic E-state index is 1.30. The molecule has 0 radical (unpaired) electrons. The molecule has 18 heavy (non-hydrogen) atoms. The number of hydrogen-bond donors (Lipinski definition) is 0. The summed E-state index contributed by atoms with van der Waals surface area (Å²) >= 11 is 0. The van der Waals surface area contributed by atoms with Gasteiger partial charge < -0.3 is 0 Å². The summed E-state index contributed by atoms with van der Waals surface area (Å²) in [7, 11) is 0. The Hall–Kier alpha value is -2.44. The molecule has 2 rings (SSSR count). The average Bonchev–Trinajstić information content (AvgIpc) is 2.47. The largest absolute Gasteiger partial charge is 0.124 e. The van der Waals surface area contributed by atoms with E-state index >= 15 is 0 Å². The van der Waals surface area contributed by atoms with Crippen molar-refractivity contribution in [2.75, 3.05) is 0 Å². The molecule has 0 nitrogen and oxygen atoms in total. The van der Waals surface area contributed by atoms with E-state index in [0.29, 0.717) is 0 Å². The summed E-state index contributed by atoms with van der Waals surface area (Å²) < 4.78 is 0. The molecule has 0 heterocycles. The van der Waals surface area contributed by atoms with Gasteiger partial charge in [-0.25, -0.2) is 0 Å². The summed E-state index contributed by atoms with van der Waals surface area (Å²) in [5.41, 5.74) is 5.37. The summed E-state index contributed by atoms with van der Waals surface area (Å²) in [6, 6.07) is 17.0. The molecule has 90 valence electrons. The van der Waals surface area contributed by atoms with Crippen LogP contribution in [-0.4, -0.2) is 0 Å². The molecule has 0 amide bonds. The van der Waals surface area contributed by atoms with Gasteiger partial charge in [0.1, 0.15) is 0 Å². The summed E-state index contributed by atoms with van der Waals surface area (Å²) in [5, 5.41) is 0. The maximum absolute atomic E-state index is 4.00. The molecular weight excluding hydrogens is 216 g/mol. The Morgan fingerprint density at radius 1 is 0.667 bits per heavy atom. The van der Waals surface area contributed by atoms with Crippen molar-refractivity contribution in [1.82, 2.24) is 0 Å². The molecule has 0 fully saturated rings. The lowest BCUT2D eigenvalue weighted by Gasteiger charge is -2.07. The van der Waals surface area contributed by atoms with Crippen LogP contribution in [0.3, 0.4) is 0 Å². The first kappa shape index (κ1) is 15.6. The zero-order valence-corrected chi connectivity index (χ0v) is 10.9. The maximum atomic E-state index is 4.00. The molecular formula is C18H18. The minimum atomic E-state index is 1.30. The molecule has 0 aliphatic carbocycles. The van der Waals surface area contributed by atoms with Gasteiger partial charge in [-0.3, -0.25) is 0 Å². The fourth-order valence-corrected chi connectivity index (χ4v) is 1.68. The van der Waals surface area contributed by atoms with Gasteiger partial charge in [0.2, 0.25) is 0 Å². The first-order chi connectivity index (χ1) is 8.79. The number of benzene rings is 2. The van der Waals surface area contributed by atoms with E-state index in [9.17, 15) is 0 Å². The standard InChI is InChI=1S/C14H14.2C2H2/c1-11-7-6-10-14(12(11)2)13-8-4-3-5-9-13;2*1-2/h3-10H,1-2H3;2*1-2H. The Morgan fingerprint density at radius 3 is 1.78 bits per heavy atom. The molecule has 0 aliphatic rings. The summed E-state index contributed by atoms with van der Waals surface area (Å²) in [6.45, 7) is 4.33. The second-order valence-electron chi connectivity index (χ2n) is 3.61. The maximum Gasteiger partial charge on any atom is -0.0152 e. The normalized spacial score (nSPS) is 8.11. The second kappa shape index (κ2) is 8.68. The molecule has 0 saturated carbocycles. The lowest BCUT2D eigenvalue weighted by Crippen LogP contribution is -1.85. The third kappa shape index (κ3) is 3.85. The van der Waals surface area contributed by atoms with Crippen LogP contribution in [0.2, 0.25) is 0 Å². The van der Waals surface area contributed by atoms with Crippen molar-refractivity contribution in [2.24, 2.45) is 0 Å². The zero-order valence-electron chi connectivity index (χ0n) is 10.9. The third-order valence-electron chi connectivity index (χ3n) is 2.69. The highest BCUT2D eigenvalue weighted by molar-refractivity contribution is 5.68. The van der Waals surface area contributed by atoms with Gasteiger partial charge in [0.05, 0.1) is 0 Å². The van der Waals surface area contributed by atoms with Crippen LogP contribution in [0, 0.1) is 39.5 Å². The van der Waals surface area contributed by atoms with Gasteiger partial charge >= 0.3 is 0 Å². The summed E-state index contributed by atoms with van der Waals surface area (Å²) in [4.78, 5) is 0. The van der Waals surface area contributed by atoms with E-state index in [1.807, 2.05) is 0 Å². The summed E-state index contributed by atoms with van der Waals surface area (Å²) in [6.07, 6.45) is 16.0. The van der Waals surface area contributed by atoms with Crippen LogP contribution >= 0.6 is 0 Å². The fraction of sp³-hybridized carbons (Fsp3) is 0.111. The Balaban J connectivity index is 0.000000659. The highest BCUT2D eigenvalue weighted by Gasteiger charge is 2.01. The monoisotopic (exact) mass is 234 g/mol. The van der Waals surface area contributed by atoms with Gasteiger partial charge in [0.15, 0.2) is 0 Å². The molecule has 0 aromatic heterocycles. The van der Waals surface area contributed by atoms with Gasteiger partial charge in [-0.15, -0.1) is 25.7 Å². The highest BCUT2D eigenvalue weighted by Crippen LogP contribution is 2.24. The molecule has 0 heteroatoms. The highest BCUT2D eigenvalue weighted by atomic mass is 14.1. The van der Waals surface area contributed by atoms with E-state index < -0.39 is 0 Å². The van der Waals surface area contributed by atoms with Crippen LogP contribution in [0.15, 0.2) is 48.5 Å². The molecule has 0 bridgehead atoms. The molecule has 0 aliphatic heterocycles. The number of terminal acetylenes is 2. The first-order valence-corrected chi connectivity index (χ1v) is 5.57. The Morgan fingerprint density at radius 2 is 1.22 bits per heavy atom. The van der Waals surface area contributed by atoms with Crippen LogP contribution in [-0.2, 0) is 0 Å². The lowest BCUT2D eigenvalue weighted by atomic mass is 9.97. The van der Waals surface area contributed by atoms with Crippen molar-refractivity contribution in [2.45, 2.75) is 13.8 Å². The number of rotatable bonds is 1. The predicted octanol–water partition coefficient (Wildman–Crippen LogP) is 4.47. The SMILES string of the molecule is C#C.C#C.Cc1cccc(-c2ccccc2)c1C.